The van der Waals surface area contributed by atoms with Crippen LogP contribution in [0.25, 0.3) is 0 Å². The summed E-state index contributed by atoms with van der Waals surface area (Å²) in [5, 5.41) is 8.97. The van der Waals surface area contributed by atoms with Crippen molar-refractivity contribution in [3.8, 4) is 5.75 Å². The molecule has 15 heavy (non-hydrogen) atoms. The molecule has 84 valence electrons. The van der Waals surface area contributed by atoms with Gasteiger partial charge in [0.1, 0.15) is 0 Å². The van der Waals surface area contributed by atoms with Crippen molar-refractivity contribution in [2.24, 2.45) is 0 Å². The Morgan fingerprint density at radius 2 is 2.07 bits per heavy atom. The Morgan fingerprint density at radius 1 is 1.47 bits per heavy atom. The van der Waals surface area contributed by atoms with E-state index in [1.165, 1.54) is 13.2 Å². The minimum Gasteiger partial charge on any atom is -0.493 e. The third kappa shape index (κ3) is 2.29. The first kappa shape index (κ1) is 12.4. The summed E-state index contributed by atoms with van der Waals surface area (Å²) in [6.45, 7) is 1.54. The fourth-order valence-corrected chi connectivity index (χ4v) is 1.69. The maximum absolute atomic E-state index is 13.4. The van der Waals surface area contributed by atoms with E-state index in [4.69, 9.17) is 9.84 Å². The molecule has 1 atom stereocenters. The molecule has 1 rings (SSSR count). The molecule has 0 saturated carbocycles. The second-order valence-electron chi connectivity index (χ2n) is 3.19. The zero-order chi connectivity index (χ0) is 11.6. The Balaban J connectivity index is 3.38. The van der Waals surface area contributed by atoms with E-state index >= 15 is 0 Å². The molecule has 0 amide bonds. The fraction of sp³-hybridized carbons (Fsp3) is 0.400. The smallest absolute Gasteiger partial charge is 0.202 e. The van der Waals surface area contributed by atoms with Crippen molar-refractivity contribution < 1.29 is 18.6 Å². The van der Waals surface area contributed by atoms with Crippen molar-refractivity contribution in [1.82, 2.24) is 0 Å². The lowest BCUT2D eigenvalue weighted by molar-refractivity contribution is 0.267. The van der Waals surface area contributed by atoms with Crippen molar-refractivity contribution >= 4 is 15.9 Å². The predicted molar refractivity (Wildman–Crippen MR) is 56.1 cm³/mol. The third-order valence-corrected chi connectivity index (χ3v) is 2.73. The first-order chi connectivity index (χ1) is 7.02. The van der Waals surface area contributed by atoms with E-state index in [-0.39, 0.29) is 22.7 Å². The van der Waals surface area contributed by atoms with Crippen LogP contribution in [0, 0.1) is 11.6 Å². The number of methoxy groups -OCH3 is 1. The molecule has 0 radical (unpaired) electrons. The zero-order valence-electron chi connectivity index (χ0n) is 8.35. The first-order valence-corrected chi connectivity index (χ1v) is 5.14. The first-order valence-electron chi connectivity index (χ1n) is 4.35. The van der Waals surface area contributed by atoms with Gasteiger partial charge in [0.05, 0.1) is 11.6 Å². The van der Waals surface area contributed by atoms with Crippen LogP contribution in [-0.4, -0.2) is 18.8 Å². The highest BCUT2D eigenvalue weighted by molar-refractivity contribution is 9.10. The highest BCUT2D eigenvalue weighted by Crippen LogP contribution is 2.34. The number of halogens is 3. The van der Waals surface area contributed by atoms with Crippen LogP contribution in [0.5, 0.6) is 5.75 Å². The van der Waals surface area contributed by atoms with Gasteiger partial charge >= 0.3 is 0 Å². The largest absolute Gasteiger partial charge is 0.493 e. The van der Waals surface area contributed by atoms with Crippen molar-refractivity contribution in [2.75, 3.05) is 13.7 Å². The van der Waals surface area contributed by atoms with E-state index in [0.29, 0.717) is 5.56 Å². The summed E-state index contributed by atoms with van der Waals surface area (Å²) in [5.74, 6) is -2.49. The van der Waals surface area contributed by atoms with E-state index in [0.717, 1.165) is 0 Å². The fourth-order valence-electron chi connectivity index (χ4n) is 1.27. The topological polar surface area (TPSA) is 29.5 Å². The van der Waals surface area contributed by atoms with Crippen molar-refractivity contribution in [2.45, 2.75) is 12.8 Å². The van der Waals surface area contributed by atoms with Crippen LogP contribution in [0.1, 0.15) is 18.4 Å². The number of aliphatic hydroxyl groups is 1. The molecule has 0 spiro atoms. The molecule has 0 aliphatic carbocycles. The molecule has 1 unspecified atom stereocenters. The summed E-state index contributed by atoms with van der Waals surface area (Å²) in [6.07, 6.45) is 0. The van der Waals surface area contributed by atoms with Crippen molar-refractivity contribution in [1.29, 1.82) is 0 Å². The van der Waals surface area contributed by atoms with Crippen LogP contribution in [0.2, 0.25) is 0 Å². The molecule has 0 fully saturated rings. The van der Waals surface area contributed by atoms with Crippen molar-refractivity contribution in [3.63, 3.8) is 0 Å². The van der Waals surface area contributed by atoms with Crippen molar-refractivity contribution in [3.05, 3.63) is 27.7 Å². The van der Waals surface area contributed by atoms with E-state index < -0.39 is 11.6 Å². The van der Waals surface area contributed by atoms with Crippen LogP contribution < -0.4 is 4.74 Å². The molecule has 1 aromatic carbocycles. The van der Waals surface area contributed by atoms with Gasteiger partial charge in [-0.2, -0.15) is 4.39 Å². The summed E-state index contributed by atoms with van der Waals surface area (Å²) in [7, 11) is 1.26. The number of ether oxygens (including phenoxy) is 1. The number of benzene rings is 1. The van der Waals surface area contributed by atoms with Gasteiger partial charge in [-0.05, 0) is 22.0 Å². The van der Waals surface area contributed by atoms with Crippen LogP contribution in [-0.2, 0) is 0 Å². The van der Waals surface area contributed by atoms with Gasteiger partial charge in [-0.15, -0.1) is 0 Å². The molecule has 0 aromatic heterocycles. The Hall–Kier alpha value is -0.680. The van der Waals surface area contributed by atoms with Gasteiger partial charge in [0, 0.05) is 18.1 Å². The predicted octanol–water partition coefficient (Wildman–Crippen LogP) is 2.83. The van der Waals surface area contributed by atoms with Gasteiger partial charge in [-0.25, -0.2) is 4.39 Å². The van der Waals surface area contributed by atoms with E-state index in [1.807, 2.05) is 0 Å². The summed E-state index contributed by atoms with van der Waals surface area (Å²) in [6, 6.07) is 1.41. The minimum atomic E-state index is -1.04. The molecule has 2 nitrogen and oxygen atoms in total. The molecule has 1 N–H and O–H groups in total. The van der Waals surface area contributed by atoms with Gasteiger partial charge in [0.2, 0.25) is 5.82 Å². The van der Waals surface area contributed by atoms with E-state index in [9.17, 15) is 8.78 Å². The quantitative estimate of drug-likeness (QED) is 0.863. The normalized spacial score (nSPS) is 12.7. The Morgan fingerprint density at radius 3 is 2.53 bits per heavy atom. The number of rotatable bonds is 3. The van der Waals surface area contributed by atoms with Crippen LogP contribution in [0.3, 0.4) is 0 Å². The highest BCUT2D eigenvalue weighted by Gasteiger charge is 2.20. The molecule has 0 heterocycles. The van der Waals surface area contributed by atoms with Crippen LogP contribution in [0.15, 0.2) is 10.5 Å². The maximum Gasteiger partial charge on any atom is 0.202 e. The standard InChI is InChI=1S/C10H11BrF2O2/c1-5(4-14)6-3-7(11)8(12)9(13)10(6)15-2/h3,5,14H,4H2,1-2H3. The molecule has 1 aromatic rings. The van der Waals surface area contributed by atoms with E-state index in [1.54, 1.807) is 6.92 Å². The molecule has 0 bridgehead atoms. The summed E-state index contributed by atoms with van der Waals surface area (Å²) < 4.78 is 31.4. The van der Waals surface area contributed by atoms with Crippen LogP contribution in [0.4, 0.5) is 8.78 Å². The second kappa shape index (κ2) is 4.90. The lowest BCUT2D eigenvalue weighted by Crippen LogP contribution is -2.05. The summed E-state index contributed by atoms with van der Waals surface area (Å²) in [5.41, 5.74) is 0.436. The molecule has 0 aliphatic rings. The summed E-state index contributed by atoms with van der Waals surface area (Å²) >= 11 is 2.91. The van der Waals surface area contributed by atoms with Gasteiger partial charge < -0.3 is 9.84 Å². The highest BCUT2D eigenvalue weighted by atomic mass is 79.9. The zero-order valence-corrected chi connectivity index (χ0v) is 9.94. The van der Waals surface area contributed by atoms with Gasteiger partial charge in [0.25, 0.3) is 0 Å². The Bertz CT molecular complexity index is 369. The number of hydrogen-bond acceptors (Lipinski definition) is 2. The second-order valence-corrected chi connectivity index (χ2v) is 4.05. The molecule has 0 saturated heterocycles. The summed E-state index contributed by atoms with van der Waals surface area (Å²) in [4.78, 5) is 0. The lowest BCUT2D eigenvalue weighted by atomic mass is 10.0. The number of hydrogen-bond donors (Lipinski definition) is 1. The maximum atomic E-state index is 13.4. The molecule has 5 heteroatoms. The van der Waals surface area contributed by atoms with Gasteiger partial charge in [0.15, 0.2) is 11.6 Å². The Labute approximate surface area is 95.0 Å². The average Bonchev–Trinajstić information content (AvgIpc) is 2.24. The SMILES string of the molecule is COc1c(C(C)CO)cc(Br)c(F)c1F. The average molecular weight is 281 g/mol. The Kier molecular flexibility index (Phi) is 4.04. The monoisotopic (exact) mass is 280 g/mol. The van der Waals surface area contributed by atoms with E-state index in [2.05, 4.69) is 15.9 Å². The van der Waals surface area contributed by atoms with Gasteiger partial charge in [-0.3, -0.25) is 0 Å². The lowest BCUT2D eigenvalue weighted by Gasteiger charge is -2.15. The molecule has 0 aliphatic heterocycles. The van der Waals surface area contributed by atoms with Gasteiger partial charge in [-0.1, -0.05) is 6.92 Å². The molecular formula is C10H11BrF2O2. The molecular weight excluding hydrogens is 270 g/mol. The number of aliphatic hydroxyl groups excluding tert-OH is 1. The third-order valence-electron chi connectivity index (χ3n) is 2.16. The minimum absolute atomic E-state index is 0.0242. The van der Waals surface area contributed by atoms with Crippen LogP contribution >= 0.6 is 15.9 Å².